The second-order valence-corrected chi connectivity index (χ2v) is 6.06. The maximum absolute atomic E-state index is 11.5. The van der Waals surface area contributed by atoms with Gasteiger partial charge in [-0.3, -0.25) is 9.59 Å². The van der Waals surface area contributed by atoms with Crippen LogP contribution in [0.25, 0.3) is 0 Å². The number of ketones is 1. The number of hydrogen-bond donors (Lipinski definition) is 0. The zero-order chi connectivity index (χ0) is 16.6. The van der Waals surface area contributed by atoms with Crippen molar-refractivity contribution in [3.8, 4) is 0 Å². The van der Waals surface area contributed by atoms with Crippen molar-refractivity contribution in [2.75, 3.05) is 0 Å². The molecule has 128 valence electrons. The molecule has 3 heteroatoms. The van der Waals surface area contributed by atoms with Gasteiger partial charge in [-0.05, 0) is 51.9 Å². The van der Waals surface area contributed by atoms with Crippen molar-refractivity contribution in [3.05, 3.63) is 12.2 Å². The van der Waals surface area contributed by atoms with Crippen LogP contribution in [0, 0.1) is 0 Å². The van der Waals surface area contributed by atoms with Crippen LogP contribution in [0.5, 0.6) is 0 Å². The topological polar surface area (TPSA) is 43.4 Å². The molecule has 1 atom stereocenters. The molecule has 1 unspecified atom stereocenters. The van der Waals surface area contributed by atoms with E-state index >= 15 is 0 Å². The van der Waals surface area contributed by atoms with Crippen LogP contribution < -0.4 is 0 Å². The largest absolute Gasteiger partial charge is 0.463 e. The van der Waals surface area contributed by atoms with Gasteiger partial charge < -0.3 is 4.74 Å². The Labute approximate surface area is 136 Å². The lowest BCUT2D eigenvalue weighted by Gasteiger charge is -2.10. The highest BCUT2D eigenvalue weighted by Crippen LogP contribution is 2.09. The third kappa shape index (κ3) is 15.3. The third-order valence-corrected chi connectivity index (χ3v) is 3.65. The highest BCUT2D eigenvalue weighted by molar-refractivity contribution is 5.78. The molecule has 0 spiro atoms. The molecule has 0 radical (unpaired) electrons. The minimum atomic E-state index is -0.191. The van der Waals surface area contributed by atoms with Crippen molar-refractivity contribution in [1.29, 1.82) is 0 Å². The number of allylic oxidation sites excluding steroid dienone is 2. The Morgan fingerprint density at radius 3 is 2.23 bits per heavy atom. The second-order valence-electron chi connectivity index (χ2n) is 6.06. The molecule has 0 fully saturated rings. The number of carbonyl (C=O) groups is 2. The van der Waals surface area contributed by atoms with Crippen LogP contribution in [0.3, 0.4) is 0 Å². The first-order valence-corrected chi connectivity index (χ1v) is 8.90. The van der Waals surface area contributed by atoms with Crippen LogP contribution in [0.2, 0.25) is 0 Å². The fraction of sp³-hybridized carbons (Fsp3) is 0.789. The normalized spacial score (nSPS) is 12.5. The van der Waals surface area contributed by atoms with E-state index in [4.69, 9.17) is 4.74 Å². The van der Waals surface area contributed by atoms with Gasteiger partial charge >= 0.3 is 5.97 Å². The van der Waals surface area contributed by atoms with Crippen LogP contribution in [-0.4, -0.2) is 17.9 Å². The predicted molar refractivity (Wildman–Crippen MR) is 91.8 cm³/mol. The monoisotopic (exact) mass is 310 g/mol. The van der Waals surface area contributed by atoms with Gasteiger partial charge in [-0.15, -0.1) is 0 Å². The molecule has 0 aromatic rings. The highest BCUT2D eigenvalue weighted by atomic mass is 16.5. The summed E-state index contributed by atoms with van der Waals surface area (Å²) in [5, 5.41) is 0. The maximum atomic E-state index is 11.5. The lowest BCUT2D eigenvalue weighted by Crippen LogP contribution is -2.11. The predicted octanol–water partition coefficient (Wildman–Crippen LogP) is 5.37. The van der Waals surface area contributed by atoms with Crippen LogP contribution in [0.1, 0.15) is 91.4 Å². The lowest BCUT2D eigenvalue weighted by atomic mass is 10.1. The molecule has 22 heavy (non-hydrogen) atoms. The lowest BCUT2D eigenvalue weighted by molar-refractivity contribution is -0.145. The van der Waals surface area contributed by atoms with E-state index in [2.05, 4.69) is 19.1 Å². The van der Waals surface area contributed by atoms with Crippen molar-refractivity contribution >= 4 is 11.8 Å². The fourth-order valence-corrected chi connectivity index (χ4v) is 2.36. The molecule has 0 heterocycles. The molecule has 0 aromatic carbocycles. The Kier molecular flexibility index (Phi) is 14.0. The summed E-state index contributed by atoms with van der Waals surface area (Å²) in [5.41, 5.74) is 0. The van der Waals surface area contributed by atoms with Crippen molar-refractivity contribution < 1.29 is 14.3 Å². The quantitative estimate of drug-likeness (QED) is 0.246. The van der Waals surface area contributed by atoms with Gasteiger partial charge in [-0.2, -0.15) is 0 Å². The van der Waals surface area contributed by atoms with Crippen LogP contribution in [0.15, 0.2) is 12.2 Å². The summed E-state index contributed by atoms with van der Waals surface area (Å²) in [6, 6.07) is 0. The van der Waals surface area contributed by atoms with Crippen LogP contribution in [0.4, 0.5) is 0 Å². The molecule has 0 saturated heterocycles. The number of ether oxygens (including phenoxy) is 1. The minimum absolute atomic E-state index is 0.0401. The van der Waals surface area contributed by atoms with Gasteiger partial charge in [0.25, 0.3) is 0 Å². The number of carbonyl (C=O) groups excluding carboxylic acids is 2. The number of esters is 1. The summed E-state index contributed by atoms with van der Waals surface area (Å²) in [7, 11) is 0. The molecular weight excluding hydrogens is 276 g/mol. The molecule has 0 N–H and O–H groups in total. The van der Waals surface area contributed by atoms with Gasteiger partial charge in [0, 0.05) is 19.8 Å². The average Bonchev–Trinajstić information content (AvgIpc) is 2.46. The van der Waals surface area contributed by atoms with E-state index in [0.29, 0.717) is 5.78 Å². The molecule has 0 aliphatic rings. The van der Waals surface area contributed by atoms with Gasteiger partial charge in [0.15, 0.2) is 0 Å². The molecular formula is C19H34O3. The van der Waals surface area contributed by atoms with E-state index in [0.717, 1.165) is 57.8 Å². The summed E-state index contributed by atoms with van der Waals surface area (Å²) >= 11 is 0. The third-order valence-electron chi connectivity index (χ3n) is 3.65. The molecule has 0 rings (SSSR count). The van der Waals surface area contributed by atoms with Gasteiger partial charge in [0.05, 0.1) is 6.10 Å². The Balaban J connectivity index is 3.34. The SMILES string of the molecule is CCCCC(=O)CCCC=CCCCCCC(C)OC(C)=O. The Morgan fingerprint density at radius 2 is 1.59 bits per heavy atom. The van der Waals surface area contributed by atoms with Crippen LogP contribution >= 0.6 is 0 Å². The van der Waals surface area contributed by atoms with Gasteiger partial charge in [-0.25, -0.2) is 0 Å². The molecule has 0 aliphatic carbocycles. The van der Waals surface area contributed by atoms with E-state index in [1.165, 1.54) is 19.8 Å². The van der Waals surface area contributed by atoms with Crippen LogP contribution in [-0.2, 0) is 14.3 Å². The number of rotatable bonds is 14. The molecule has 0 aromatic heterocycles. The molecule has 0 aliphatic heterocycles. The zero-order valence-corrected chi connectivity index (χ0v) is 14.7. The first-order valence-electron chi connectivity index (χ1n) is 8.90. The minimum Gasteiger partial charge on any atom is -0.463 e. The van der Waals surface area contributed by atoms with Gasteiger partial charge in [-0.1, -0.05) is 31.9 Å². The summed E-state index contributed by atoms with van der Waals surface area (Å²) in [5.74, 6) is 0.223. The fourth-order valence-electron chi connectivity index (χ4n) is 2.36. The zero-order valence-electron chi connectivity index (χ0n) is 14.7. The summed E-state index contributed by atoms with van der Waals surface area (Å²) in [6.07, 6.45) is 15.6. The molecule has 3 nitrogen and oxygen atoms in total. The molecule has 0 bridgehead atoms. The van der Waals surface area contributed by atoms with Crippen molar-refractivity contribution in [3.63, 3.8) is 0 Å². The first-order chi connectivity index (χ1) is 10.6. The number of Topliss-reactive ketones (excluding diaryl/α,β-unsaturated/α-hetero) is 1. The summed E-state index contributed by atoms with van der Waals surface area (Å²) in [4.78, 5) is 22.2. The van der Waals surface area contributed by atoms with Gasteiger partial charge in [0.1, 0.15) is 5.78 Å². The Bertz CT molecular complexity index is 321. The second kappa shape index (κ2) is 14.8. The number of unbranched alkanes of at least 4 members (excludes halogenated alkanes) is 5. The average molecular weight is 310 g/mol. The first kappa shape index (κ1) is 20.9. The highest BCUT2D eigenvalue weighted by Gasteiger charge is 2.04. The molecule has 0 saturated carbocycles. The van der Waals surface area contributed by atoms with Gasteiger partial charge in [0.2, 0.25) is 0 Å². The van der Waals surface area contributed by atoms with Crippen molar-refractivity contribution in [2.24, 2.45) is 0 Å². The van der Waals surface area contributed by atoms with Crippen molar-refractivity contribution in [1.82, 2.24) is 0 Å². The number of hydrogen-bond acceptors (Lipinski definition) is 3. The maximum Gasteiger partial charge on any atom is 0.302 e. The van der Waals surface area contributed by atoms with E-state index in [1.807, 2.05) is 6.92 Å². The van der Waals surface area contributed by atoms with E-state index in [1.54, 1.807) is 0 Å². The summed E-state index contributed by atoms with van der Waals surface area (Å²) in [6.45, 7) is 5.52. The summed E-state index contributed by atoms with van der Waals surface area (Å²) < 4.78 is 5.09. The Morgan fingerprint density at radius 1 is 0.955 bits per heavy atom. The van der Waals surface area contributed by atoms with Crippen molar-refractivity contribution in [2.45, 2.75) is 97.5 Å². The van der Waals surface area contributed by atoms with E-state index in [-0.39, 0.29) is 12.1 Å². The van der Waals surface area contributed by atoms with E-state index in [9.17, 15) is 9.59 Å². The molecule has 0 amide bonds. The Hall–Kier alpha value is -1.12. The smallest absolute Gasteiger partial charge is 0.302 e. The standard InChI is InChI=1S/C19H34O3/c1-4-5-15-19(21)16-13-11-9-7-6-8-10-12-14-17(2)22-18(3)20/h7,9,17H,4-6,8,10-16H2,1-3H3. The van der Waals surface area contributed by atoms with E-state index < -0.39 is 0 Å².